The summed E-state index contributed by atoms with van der Waals surface area (Å²) < 4.78 is 11.0. The number of hydrogen-bond donors (Lipinski definition) is 0. The van der Waals surface area contributed by atoms with Gasteiger partial charge in [0.25, 0.3) is 0 Å². The average molecular weight is 140 g/mol. The van der Waals surface area contributed by atoms with Crippen molar-refractivity contribution in [2.75, 3.05) is 0 Å². The second kappa shape index (κ2) is 1.91. The smallest absolute Gasteiger partial charge is 0.250 e. The molecule has 10 heavy (non-hydrogen) atoms. The second-order valence-electron chi connectivity index (χ2n) is 3.07. The van der Waals surface area contributed by atoms with Gasteiger partial charge in [-0.15, -0.1) is 0 Å². The summed E-state index contributed by atoms with van der Waals surface area (Å²) >= 11 is 0. The summed E-state index contributed by atoms with van der Waals surface area (Å²) in [4.78, 5) is 0. The maximum atomic E-state index is 5.55. The number of ether oxygens (including phenoxy) is 2. The van der Waals surface area contributed by atoms with E-state index in [0.29, 0.717) is 0 Å². The van der Waals surface area contributed by atoms with Gasteiger partial charge in [0.15, 0.2) is 0 Å². The van der Waals surface area contributed by atoms with Gasteiger partial charge in [0.05, 0.1) is 0 Å². The summed E-state index contributed by atoms with van der Waals surface area (Å²) in [5.74, 6) is 0.686. The molecule has 2 nitrogen and oxygen atoms in total. The van der Waals surface area contributed by atoms with Gasteiger partial charge in [-0.1, -0.05) is 0 Å². The molecule has 1 heterocycles. The lowest BCUT2D eigenvalue weighted by molar-refractivity contribution is -0.140. The van der Waals surface area contributed by atoms with Crippen molar-refractivity contribution in [1.29, 1.82) is 0 Å². The highest BCUT2D eigenvalue weighted by Crippen LogP contribution is 2.39. The normalized spacial score (nSPS) is 27.9. The molecule has 56 valence electrons. The van der Waals surface area contributed by atoms with Gasteiger partial charge < -0.3 is 9.47 Å². The molecule has 0 saturated heterocycles. The fourth-order valence-electron chi connectivity index (χ4n) is 1.67. The van der Waals surface area contributed by atoms with Crippen molar-refractivity contribution in [2.45, 2.75) is 38.4 Å². The molecule has 0 aromatic rings. The van der Waals surface area contributed by atoms with E-state index in [0.717, 1.165) is 18.6 Å². The molecular formula is C8H12O2. The minimum Gasteiger partial charge on any atom is -0.456 e. The predicted molar refractivity (Wildman–Crippen MR) is 37.1 cm³/mol. The van der Waals surface area contributed by atoms with Crippen LogP contribution in [-0.4, -0.2) is 5.79 Å². The van der Waals surface area contributed by atoms with E-state index >= 15 is 0 Å². The molecule has 0 unspecified atom stereocenters. The van der Waals surface area contributed by atoms with Gasteiger partial charge in [-0.2, -0.15) is 0 Å². The largest absolute Gasteiger partial charge is 0.456 e. The molecule has 1 spiro atoms. The first-order valence-corrected chi connectivity index (χ1v) is 3.84. The van der Waals surface area contributed by atoms with Crippen LogP contribution < -0.4 is 0 Å². The molecule has 1 saturated carbocycles. The topological polar surface area (TPSA) is 18.5 Å². The van der Waals surface area contributed by atoms with Crippen LogP contribution >= 0.6 is 0 Å². The van der Waals surface area contributed by atoms with E-state index in [1.165, 1.54) is 12.8 Å². The highest BCUT2D eigenvalue weighted by molar-refractivity contribution is 4.95. The first kappa shape index (κ1) is 6.08. The van der Waals surface area contributed by atoms with Crippen LogP contribution in [0.2, 0.25) is 0 Å². The van der Waals surface area contributed by atoms with Gasteiger partial charge in [0.1, 0.15) is 12.0 Å². The molecule has 2 aliphatic rings. The van der Waals surface area contributed by atoms with Crippen molar-refractivity contribution in [1.82, 2.24) is 0 Å². The van der Waals surface area contributed by atoms with Crippen molar-refractivity contribution < 1.29 is 9.47 Å². The van der Waals surface area contributed by atoms with E-state index in [-0.39, 0.29) is 5.79 Å². The number of hydrogen-bond acceptors (Lipinski definition) is 2. The van der Waals surface area contributed by atoms with Crippen LogP contribution in [0.3, 0.4) is 0 Å². The third kappa shape index (κ3) is 0.789. The summed E-state index contributed by atoms with van der Waals surface area (Å²) in [6.45, 7) is 1.94. The number of allylic oxidation sites excluding steroid dienone is 1. The van der Waals surface area contributed by atoms with Gasteiger partial charge in [-0.3, -0.25) is 0 Å². The van der Waals surface area contributed by atoms with Gasteiger partial charge in [0, 0.05) is 12.8 Å². The molecular weight excluding hydrogens is 128 g/mol. The van der Waals surface area contributed by atoms with Crippen LogP contribution in [-0.2, 0) is 9.47 Å². The fraction of sp³-hybridized carbons (Fsp3) is 0.750. The van der Waals surface area contributed by atoms with E-state index in [9.17, 15) is 0 Å². The first-order valence-electron chi connectivity index (χ1n) is 3.84. The Morgan fingerprint density at radius 3 is 2.60 bits per heavy atom. The van der Waals surface area contributed by atoms with Gasteiger partial charge in [0.2, 0.25) is 5.79 Å². The van der Waals surface area contributed by atoms with Crippen molar-refractivity contribution >= 4 is 0 Å². The molecule has 0 radical (unpaired) electrons. The molecule has 0 atom stereocenters. The minimum absolute atomic E-state index is 0.232. The Bertz CT molecular complexity index is 166. The summed E-state index contributed by atoms with van der Waals surface area (Å²) in [5.41, 5.74) is 0. The van der Waals surface area contributed by atoms with Crippen LogP contribution in [0.15, 0.2) is 12.0 Å². The molecule has 0 aromatic carbocycles. The summed E-state index contributed by atoms with van der Waals surface area (Å²) in [6, 6.07) is 0. The first-order chi connectivity index (χ1) is 4.81. The molecule has 0 amide bonds. The van der Waals surface area contributed by atoms with Crippen molar-refractivity contribution in [2.24, 2.45) is 0 Å². The number of rotatable bonds is 0. The Balaban J connectivity index is 2.07. The van der Waals surface area contributed by atoms with E-state index in [1.54, 1.807) is 6.26 Å². The minimum atomic E-state index is -0.232. The molecule has 1 aliphatic carbocycles. The van der Waals surface area contributed by atoms with Crippen LogP contribution in [0.5, 0.6) is 0 Å². The summed E-state index contributed by atoms with van der Waals surface area (Å²) in [6.07, 6.45) is 6.31. The van der Waals surface area contributed by atoms with Crippen molar-refractivity contribution in [3.63, 3.8) is 0 Å². The Labute approximate surface area is 60.8 Å². The molecule has 2 rings (SSSR count). The third-order valence-corrected chi connectivity index (χ3v) is 2.15. The Hall–Kier alpha value is -0.660. The maximum absolute atomic E-state index is 5.55. The third-order valence-electron chi connectivity index (χ3n) is 2.15. The standard InChI is InChI=1S/C8H12O2/c1-7-6-9-8(10-7)4-2-3-5-8/h6H,2-5H2,1H3. The Morgan fingerprint density at radius 2 is 2.10 bits per heavy atom. The van der Waals surface area contributed by atoms with Crippen molar-refractivity contribution in [3.05, 3.63) is 12.0 Å². The highest BCUT2D eigenvalue weighted by atomic mass is 16.7. The summed E-state index contributed by atoms with van der Waals surface area (Å²) in [7, 11) is 0. The Morgan fingerprint density at radius 1 is 1.40 bits per heavy atom. The molecule has 1 aliphatic heterocycles. The molecule has 0 bridgehead atoms. The van der Waals surface area contributed by atoms with Crippen molar-refractivity contribution in [3.8, 4) is 0 Å². The predicted octanol–water partition coefficient (Wildman–Crippen LogP) is 2.16. The molecule has 0 aromatic heterocycles. The van der Waals surface area contributed by atoms with Gasteiger partial charge >= 0.3 is 0 Å². The van der Waals surface area contributed by atoms with Crippen LogP contribution in [0.25, 0.3) is 0 Å². The van der Waals surface area contributed by atoms with E-state index in [2.05, 4.69) is 0 Å². The fourth-order valence-corrected chi connectivity index (χ4v) is 1.67. The zero-order valence-electron chi connectivity index (χ0n) is 6.22. The molecule has 0 N–H and O–H groups in total. The van der Waals surface area contributed by atoms with Gasteiger partial charge in [-0.25, -0.2) is 0 Å². The van der Waals surface area contributed by atoms with E-state index in [1.807, 2.05) is 6.92 Å². The molecule has 1 fully saturated rings. The Kier molecular flexibility index (Phi) is 1.16. The SMILES string of the molecule is CC1=COC2(CCCC2)O1. The lowest BCUT2D eigenvalue weighted by Crippen LogP contribution is -2.25. The van der Waals surface area contributed by atoms with Gasteiger partial charge in [-0.05, 0) is 19.8 Å². The van der Waals surface area contributed by atoms with Crippen LogP contribution in [0.1, 0.15) is 32.6 Å². The van der Waals surface area contributed by atoms with Crippen LogP contribution in [0.4, 0.5) is 0 Å². The summed E-state index contributed by atoms with van der Waals surface area (Å²) in [5, 5.41) is 0. The quantitative estimate of drug-likeness (QED) is 0.513. The zero-order chi connectivity index (χ0) is 7.03. The van der Waals surface area contributed by atoms with E-state index in [4.69, 9.17) is 9.47 Å². The van der Waals surface area contributed by atoms with Crippen LogP contribution in [0, 0.1) is 0 Å². The molecule has 2 heteroatoms. The average Bonchev–Trinajstić information content (AvgIpc) is 2.46. The lowest BCUT2D eigenvalue weighted by atomic mass is 10.2. The monoisotopic (exact) mass is 140 g/mol. The zero-order valence-corrected chi connectivity index (χ0v) is 6.22. The maximum Gasteiger partial charge on any atom is 0.250 e. The lowest BCUT2D eigenvalue weighted by Gasteiger charge is -2.22. The highest BCUT2D eigenvalue weighted by Gasteiger charge is 2.40. The van der Waals surface area contributed by atoms with E-state index < -0.39 is 0 Å². The second-order valence-corrected chi connectivity index (χ2v) is 3.07.